The molecule has 21 heavy (non-hydrogen) atoms. The van der Waals surface area contributed by atoms with Crippen molar-refractivity contribution in [2.75, 3.05) is 7.11 Å². The lowest BCUT2D eigenvalue weighted by Gasteiger charge is -2.15. The van der Waals surface area contributed by atoms with Crippen molar-refractivity contribution >= 4 is 23.5 Å². The van der Waals surface area contributed by atoms with Crippen molar-refractivity contribution < 1.29 is 18.7 Å². The van der Waals surface area contributed by atoms with Gasteiger partial charge in [-0.3, -0.25) is 4.79 Å². The number of esters is 1. The molecule has 2 aromatic rings. The van der Waals surface area contributed by atoms with Crippen LogP contribution in [0.5, 0.6) is 0 Å². The van der Waals surface area contributed by atoms with Crippen LogP contribution in [0.25, 0.3) is 0 Å². The van der Waals surface area contributed by atoms with Crippen molar-refractivity contribution in [3.63, 3.8) is 0 Å². The second-order valence-corrected chi connectivity index (χ2v) is 4.70. The fraction of sp³-hybridized carbons (Fsp3) is 0.200. The van der Waals surface area contributed by atoms with Gasteiger partial charge in [-0.1, -0.05) is 18.2 Å². The lowest BCUT2D eigenvalue weighted by Crippen LogP contribution is -2.43. The maximum atomic E-state index is 12.1. The number of halogens is 1. The smallest absolute Gasteiger partial charge is 0.328 e. The molecule has 1 aromatic heterocycles. The summed E-state index contributed by atoms with van der Waals surface area (Å²) in [4.78, 5) is 23.9. The Morgan fingerprint density at radius 2 is 1.95 bits per heavy atom. The van der Waals surface area contributed by atoms with Crippen LogP contribution in [0.2, 0.25) is 5.22 Å². The molecule has 0 saturated carbocycles. The standard InChI is InChI=1S/C15H14ClNO4/c1-20-15(19)12(9-11-7-8-13(16)21-11)17-14(18)10-5-3-2-4-6-10/h2-8,12H,9H2,1H3,(H,17,18). The van der Waals surface area contributed by atoms with Crippen molar-refractivity contribution in [2.24, 2.45) is 0 Å². The van der Waals surface area contributed by atoms with Gasteiger partial charge in [-0.05, 0) is 35.9 Å². The SMILES string of the molecule is COC(=O)C(Cc1ccc(Cl)o1)NC(=O)c1ccccc1. The quantitative estimate of drug-likeness (QED) is 0.862. The Kier molecular flexibility index (Phi) is 5.00. The molecule has 5 nitrogen and oxygen atoms in total. The largest absolute Gasteiger partial charge is 0.467 e. The fourth-order valence-corrected chi connectivity index (χ4v) is 1.99. The Labute approximate surface area is 126 Å². The molecular weight excluding hydrogens is 294 g/mol. The molecule has 1 aromatic carbocycles. The van der Waals surface area contributed by atoms with Gasteiger partial charge in [0.25, 0.3) is 5.91 Å². The average molecular weight is 308 g/mol. The summed E-state index contributed by atoms with van der Waals surface area (Å²) < 4.78 is 9.90. The molecule has 110 valence electrons. The normalized spacial score (nSPS) is 11.7. The molecule has 0 bridgehead atoms. The van der Waals surface area contributed by atoms with Crippen molar-refractivity contribution in [3.05, 3.63) is 59.0 Å². The molecule has 1 heterocycles. The number of furan rings is 1. The molecule has 0 radical (unpaired) electrons. The zero-order valence-corrected chi connectivity index (χ0v) is 12.1. The lowest BCUT2D eigenvalue weighted by molar-refractivity contribution is -0.142. The highest BCUT2D eigenvalue weighted by atomic mass is 35.5. The Balaban J connectivity index is 2.09. The molecule has 1 N–H and O–H groups in total. The van der Waals surface area contributed by atoms with E-state index in [1.807, 2.05) is 0 Å². The number of methoxy groups -OCH3 is 1. The minimum atomic E-state index is -0.843. The van der Waals surface area contributed by atoms with Gasteiger partial charge < -0.3 is 14.5 Å². The van der Waals surface area contributed by atoms with Gasteiger partial charge in [0, 0.05) is 12.0 Å². The summed E-state index contributed by atoms with van der Waals surface area (Å²) in [6.45, 7) is 0. The summed E-state index contributed by atoms with van der Waals surface area (Å²) in [5, 5.41) is 2.85. The molecule has 1 amide bonds. The summed E-state index contributed by atoms with van der Waals surface area (Å²) in [5.41, 5.74) is 0.462. The zero-order chi connectivity index (χ0) is 15.2. The van der Waals surface area contributed by atoms with Crippen LogP contribution >= 0.6 is 11.6 Å². The minimum absolute atomic E-state index is 0.165. The molecule has 0 aliphatic carbocycles. The molecular formula is C15H14ClNO4. The second-order valence-electron chi connectivity index (χ2n) is 4.33. The van der Waals surface area contributed by atoms with Crippen LogP contribution in [0, 0.1) is 0 Å². The van der Waals surface area contributed by atoms with Gasteiger partial charge in [0.05, 0.1) is 7.11 Å². The van der Waals surface area contributed by atoms with E-state index < -0.39 is 12.0 Å². The molecule has 1 unspecified atom stereocenters. The van der Waals surface area contributed by atoms with Crippen LogP contribution < -0.4 is 5.32 Å². The second kappa shape index (κ2) is 6.95. The van der Waals surface area contributed by atoms with E-state index in [1.165, 1.54) is 7.11 Å². The molecule has 0 saturated heterocycles. The van der Waals surface area contributed by atoms with E-state index in [4.69, 9.17) is 20.8 Å². The predicted octanol–water partition coefficient (Wildman–Crippen LogP) is 2.45. The maximum Gasteiger partial charge on any atom is 0.328 e. The topological polar surface area (TPSA) is 68.5 Å². The van der Waals surface area contributed by atoms with E-state index in [2.05, 4.69) is 5.32 Å². The maximum absolute atomic E-state index is 12.1. The number of carbonyl (C=O) groups excluding carboxylic acids is 2. The molecule has 0 spiro atoms. The minimum Gasteiger partial charge on any atom is -0.467 e. The van der Waals surface area contributed by atoms with E-state index in [-0.39, 0.29) is 17.5 Å². The van der Waals surface area contributed by atoms with Crippen LogP contribution in [-0.2, 0) is 16.0 Å². The Morgan fingerprint density at radius 1 is 1.24 bits per heavy atom. The van der Waals surface area contributed by atoms with Crippen LogP contribution in [0.1, 0.15) is 16.1 Å². The van der Waals surface area contributed by atoms with Gasteiger partial charge in [0.15, 0.2) is 5.22 Å². The van der Waals surface area contributed by atoms with E-state index in [0.717, 1.165) is 0 Å². The van der Waals surface area contributed by atoms with Gasteiger partial charge in [-0.2, -0.15) is 0 Å². The van der Waals surface area contributed by atoms with Crippen LogP contribution in [-0.4, -0.2) is 25.0 Å². The summed E-state index contributed by atoms with van der Waals surface area (Å²) in [6.07, 6.45) is 0.165. The third kappa shape index (κ3) is 4.10. The zero-order valence-electron chi connectivity index (χ0n) is 11.3. The molecule has 0 aliphatic heterocycles. The average Bonchev–Trinajstić information content (AvgIpc) is 2.91. The number of nitrogens with one attached hydrogen (secondary N) is 1. The number of carbonyl (C=O) groups is 2. The van der Waals surface area contributed by atoms with Crippen LogP contribution in [0.3, 0.4) is 0 Å². The van der Waals surface area contributed by atoms with E-state index in [9.17, 15) is 9.59 Å². The van der Waals surface area contributed by atoms with Crippen LogP contribution in [0.4, 0.5) is 0 Å². The molecule has 0 fully saturated rings. The predicted molar refractivity (Wildman–Crippen MR) is 77.1 cm³/mol. The Hall–Kier alpha value is -2.27. The van der Waals surface area contributed by atoms with Gasteiger partial charge >= 0.3 is 5.97 Å². The van der Waals surface area contributed by atoms with E-state index in [0.29, 0.717) is 11.3 Å². The summed E-state index contributed by atoms with van der Waals surface area (Å²) >= 11 is 5.69. The third-order valence-corrected chi connectivity index (χ3v) is 3.06. The number of hydrogen-bond acceptors (Lipinski definition) is 4. The number of rotatable bonds is 5. The van der Waals surface area contributed by atoms with Crippen molar-refractivity contribution in [3.8, 4) is 0 Å². The number of ether oxygens (including phenoxy) is 1. The molecule has 0 aliphatic rings. The number of benzene rings is 1. The van der Waals surface area contributed by atoms with Crippen molar-refractivity contribution in [1.82, 2.24) is 5.32 Å². The third-order valence-electron chi connectivity index (χ3n) is 2.86. The molecule has 6 heteroatoms. The first kappa shape index (κ1) is 15.1. The first-order valence-electron chi connectivity index (χ1n) is 6.28. The van der Waals surface area contributed by atoms with Crippen molar-refractivity contribution in [2.45, 2.75) is 12.5 Å². The van der Waals surface area contributed by atoms with Gasteiger partial charge in [-0.15, -0.1) is 0 Å². The molecule has 1 atom stereocenters. The van der Waals surface area contributed by atoms with Gasteiger partial charge in [0.1, 0.15) is 11.8 Å². The highest BCUT2D eigenvalue weighted by Gasteiger charge is 2.23. The van der Waals surface area contributed by atoms with Gasteiger partial charge in [-0.25, -0.2) is 4.79 Å². The van der Waals surface area contributed by atoms with E-state index >= 15 is 0 Å². The number of hydrogen-bond donors (Lipinski definition) is 1. The first-order valence-corrected chi connectivity index (χ1v) is 6.66. The highest BCUT2D eigenvalue weighted by molar-refractivity contribution is 6.28. The summed E-state index contributed by atoms with van der Waals surface area (Å²) in [5.74, 6) is -0.417. The number of amides is 1. The monoisotopic (exact) mass is 307 g/mol. The Bertz CT molecular complexity index is 624. The highest BCUT2D eigenvalue weighted by Crippen LogP contribution is 2.15. The Morgan fingerprint density at radius 3 is 2.52 bits per heavy atom. The van der Waals surface area contributed by atoms with Crippen molar-refractivity contribution in [1.29, 1.82) is 0 Å². The lowest BCUT2D eigenvalue weighted by atomic mass is 10.1. The van der Waals surface area contributed by atoms with Crippen LogP contribution in [0.15, 0.2) is 46.9 Å². The van der Waals surface area contributed by atoms with Gasteiger partial charge in [0.2, 0.25) is 0 Å². The molecule has 2 rings (SSSR count). The fourth-order valence-electron chi connectivity index (χ4n) is 1.83. The summed E-state index contributed by atoms with van der Waals surface area (Å²) in [7, 11) is 1.26. The van der Waals surface area contributed by atoms with E-state index in [1.54, 1.807) is 42.5 Å². The first-order chi connectivity index (χ1) is 10.1. The summed E-state index contributed by atoms with van der Waals surface area (Å²) in [6, 6.07) is 11.0.